The molecule has 0 bridgehead atoms. The van der Waals surface area contributed by atoms with E-state index in [0.717, 1.165) is 0 Å². The molecule has 148 valence electrons. The summed E-state index contributed by atoms with van der Waals surface area (Å²) in [5.74, 6) is 0. The van der Waals surface area contributed by atoms with Crippen molar-refractivity contribution in [2.75, 3.05) is 0 Å². The van der Waals surface area contributed by atoms with Crippen molar-refractivity contribution in [1.29, 1.82) is 0 Å². The Balaban J connectivity index is 6.07. The maximum absolute atomic E-state index is 4.28. The van der Waals surface area contributed by atoms with Gasteiger partial charge in [-0.25, -0.2) is 0 Å². The molecule has 0 rings (SSSR count). The molecule has 0 radical (unpaired) electrons. The van der Waals surface area contributed by atoms with Crippen molar-refractivity contribution in [1.82, 2.24) is 0 Å². The summed E-state index contributed by atoms with van der Waals surface area (Å²) in [6.45, 7) is 18.4. The molecule has 0 aromatic heterocycles. The van der Waals surface area contributed by atoms with E-state index in [9.17, 15) is 0 Å². The predicted octanol–water partition coefficient (Wildman–Crippen LogP) is 9.24. The first kappa shape index (κ1) is 25.3. The molecule has 0 saturated carbocycles. The molecule has 0 aliphatic rings. The van der Waals surface area contributed by atoms with Crippen molar-refractivity contribution in [2.45, 2.75) is 125 Å². The monoisotopic (exact) mass is 456 g/mol. The second-order valence-electron chi connectivity index (χ2n) is 8.31. The van der Waals surface area contributed by atoms with Gasteiger partial charge in [-0.15, -0.1) is 0 Å². The molecule has 0 heterocycles. The molecule has 0 saturated heterocycles. The van der Waals surface area contributed by atoms with Crippen LogP contribution in [0, 0.1) is 0 Å². The van der Waals surface area contributed by atoms with E-state index in [1.54, 1.807) is 13.3 Å². The molecule has 0 amide bonds. The summed E-state index contributed by atoms with van der Waals surface area (Å²) in [6, 6.07) is 0. The summed E-state index contributed by atoms with van der Waals surface area (Å²) in [7, 11) is 0. The van der Waals surface area contributed by atoms with Gasteiger partial charge in [0.05, 0.1) is 0 Å². The number of rotatable bonds is 16. The van der Waals surface area contributed by atoms with Gasteiger partial charge in [0.1, 0.15) is 0 Å². The third kappa shape index (κ3) is 9.68. The van der Waals surface area contributed by atoms with E-state index in [1.807, 2.05) is 5.57 Å². The van der Waals surface area contributed by atoms with E-state index >= 15 is 0 Å². The third-order valence-corrected chi connectivity index (χ3v) is 22.3. The summed E-state index contributed by atoms with van der Waals surface area (Å²) in [6.07, 6.45) is 15.1. The first-order valence-electron chi connectivity index (χ1n) is 11.4. The summed E-state index contributed by atoms with van der Waals surface area (Å²) < 4.78 is 6.91. The van der Waals surface area contributed by atoms with Gasteiger partial charge in [-0.3, -0.25) is 0 Å². The Bertz CT molecular complexity index is 356. The van der Waals surface area contributed by atoms with Crippen LogP contribution in [-0.2, 0) is 0 Å². The molecule has 0 unspecified atom stereocenters. The van der Waals surface area contributed by atoms with Gasteiger partial charge in [0.15, 0.2) is 0 Å². The maximum atomic E-state index is 4.28. The van der Waals surface area contributed by atoms with Gasteiger partial charge in [0.25, 0.3) is 0 Å². The number of allylic oxidation sites excluding steroid dienone is 3. The molecule has 25 heavy (non-hydrogen) atoms. The van der Waals surface area contributed by atoms with E-state index in [1.165, 1.54) is 76.2 Å². The second-order valence-corrected chi connectivity index (χ2v) is 21.6. The van der Waals surface area contributed by atoms with E-state index in [2.05, 4.69) is 51.7 Å². The van der Waals surface area contributed by atoms with E-state index in [-0.39, 0.29) is 0 Å². The van der Waals surface area contributed by atoms with Crippen molar-refractivity contribution in [2.24, 2.45) is 0 Å². The molecule has 0 nitrogen and oxygen atoms in total. The van der Waals surface area contributed by atoms with Crippen LogP contribution in [0.1, 0.15) is 112 Å². The van der Waals surface area contributed by atoms with Gasteiger partial charge in [-0.2, -0.15) is 0 Å². The quantitative estimate of drug-likeness (QED) is 0.161. The van der Waals surface area contributed by atoms with Crippen LogP contribution in [0.25, 0.3) is 0 Å². The van der Waals surface area contributed by atoms with E-state index < -0.39 is 18.4 Å². The zero-order valence-electron chi connectivity index (χ0n) is 18.6. The van der Waals surface area contributed by atoms with Crippen molar-refractivity contribution in [3.63, 3.8) is 0 Å². The molecule has 0 N–H and O–H groups in total. The van der Waals surface area contributed by atoms with Crippen molar-refractivity contribution >= 4 is 18.4 Å². The number of unbranched alkanes of at least 4 members (excludes halogenated alkanes) is 3. The fourth-order valence-electron chi connectivity index (χ4n) is 4.45. The Morgan fingerprint density at radius 1 is 0.680 bits per heavy atom. The van der Waals surface area contributed by atoms with Crippen LogP contribution in [0.3, 0.4) is 0 Å². The molecule has 0 atom stereocenters. The Morgan fingerprint density at radius 3 is 1.44 bits per heavy atom. The number of hydrogen-bond donors (Lipinski definition) is 0. The van der Waals surface area contributed by atoms with Crippen molar-refractivity contribution < 1.29 is 0 Å². The fraction of sp³-hybridized carbons (Fsp3) is 0.833. The van der Waals surface area contributed by atoms with Gasteiger partial charge in [-0.05, 0) is 0 Å². The van der Waals surface area contributed by atoms with Crippen LogP contribution in [-0.4, -0.2) is 18.4 Å². The third-order valence-electron chi connectivity index (χ3n) is 5.66. The number of hydrogen-bond acceptors (Lipinski definition) is 0. The van der Waals surface area contributed by atoms with Gasteiger partial charge in [0.2, 0.25) is 0 Å². The van der Waals surface area contributed by atoms with Gasteiger partial charge < -0.3 is 0 Å². The van der Waals surface area contributed by atoms with Gasteiger partial charge in [0, 0.05) is 0 Å². The van der Waals surface area contributed by atoms with Crippen LogP contribution < -0.4 is 0 Å². The van der Waals surface area contributed by atoms with Crippen LogP contribution in [0.15, 0.2) is 21.3 Å². The predicted molar refractivity (Wildman–Crippen MR) is 121 cm³/mol. The first-order chi connectivity index (χ1) is 12.0. The minimum atomic E-state index is -2.26. The molecule has 0 aromatic carbocycles. The van der Waals surface area contributed by atoms with Crippen molar-refractivity contribution in [3.8, 4) is 0 Å². The molecule has 0 fully saturated rings. The van der Waals surface area contributed by atoms with Crippen LogP contribution in [0.5, 0.6) is 0 Å². The SMILES string of the molecule is C=C(C)C/C(CCC)=[C](/CCC)[Sn]([CH2]CCC)([CH2]CCC)[CH2]CCC. The Morgan fingerprint density at radius 2 is 1.12 bits per heavy atom. The Hall–Kier alpha value is 0.279. The van der Waals surface area contributed by atoms with E-state index in [0.29, 0.717) is 0 Å². The molecule has 1 heteroatoms. The van der Waals surface area contributed by atoms with Crippen molar-refractivity contribution in [3.05, 3.63) is 21.3 Å². The van der Waals surface area contributed by atoms with E-state index in [4.69, 9.17) is 0 Å². The molecule has 0 spiro atoms. The molecule has 0 aliphatic heterocycles. The second kappa shape index (κ2) is 15.3. The minimum absolute atomic E-state index is 1.19. The van der Waals surface area contributed by atoms with Crippen LogP contribution in [0.4, 0.5) is 0 Å². The Labute approximate surface area is 164 Å². The molecule has 0 aromatic rings. The zero-order chi connectivity index (χ0) is 19.1. The summed E-state index contributed by atoms with van der Waals surface area (Å²) in [5.41, 5.74) is 3.22. The molecule has 0 aliphatic carbocycles. The molecular formula is C24H48Sn. The zero-order valence-corrected chi connectivity index (χ0v) is 21.5. The van der Waals surface area contributed by atoms with Crippen LogP contribution in [0.2, 0.25) is 13.3 Å². The molecular weight excluding hydrogens is 407 g/mol. The standard InChI is InChI=1S/C12H21.3C4H9.Sn/c1-5-7-9-12(8-6-2)10-11(3)4;3*1-3-4-2;/h3,5-8,10H2,1-2,4H3;3*1,3-4H2,2H3;. The fourth-order valence-corrected chi connectivity index (χ4v) is 23.0. The summed E-state index contributed by atoms with van der Waals surface area (Å²) >= 11 is -2.26. The normalized spacial score (nSPS) is 13.0. The average molecular weight is 455 g/mol. The summed E-state index contributed by atoms with van der Waals surface area (Å²) in [5, 5.41) is 0. The van der Waals surface area contributed by atoms with Gasteiger partial charge >= 0.3 is 165 Å². The first-order valence-corrected chi connectivity index (χ1v) is 18.8. The average Bonchev–Trinajstić information content (AvgIpc) is 2.59. The van der Waals surface area contributed by atoms with Crippen LogP contribution >= 0.6 is 0 Å². The topological polar surface area (TPSA) is 0 Å². The Kier molecular flexibility index (Phi) is 15.5. The van der Waals surface area contributed by atoms with Gasteiger partial charge in [-0.1, -0.05) is 0 Å². The summed E-state index contributed by atoms with van der Waals surface area (Å²) in [4.78, 5) is 0.